The zero-order valence-corrected chi connectivity index (χ0v) is 17.0. The highest BCUT2D eigenvalue weighted by Gasteiger charge is 2.26. The largest absolute Gasteiger partial charge is 0.335 e. The molecule has 140 valence electrons. The first-order valence-electron chi connectivity index (χ1n) is 9.37. The number of pyridine rings is 1. The van der Waals surface area contributed by atoms with E-state index in [1.54, 1.807) is 0 Å². The second-order valence-electron chi connectivity index (χ2n) is 6.89. The van der Waals surface area contributed by atoms with Crippen molar-refractivity contribution in [3.05, 3.63) is 70.1 Å². The third kappa shape index (κ3) is 3.77. The molecule has 6 heteroatoms. The van der Waals surface area contributed by atoms with E-state index in [-0.39, 0.29) is 5.91 Å². The Morgan fingerprint density at radius 1 is 1.07 bits per heavy atom. The summed E-state index contributed by atoms with van der Waals surface area (Å²) < 4.78 is 2.86. The number of imidazole rings is 1. The number of hydrogen-bond acceptors (Lipinski definition) is 3. The van der Waals surface area contributed by atoms with E-state index in [4.69, 9.17) is 0 Å². The van der Waals surface area contributed by atoms with Gasteiger partial charge in [0.25, 0.3) is 5.91 Å². The first-order valence-corrected chi connectivity index (χ1v) is 10.2. The Hall–Kier alpha value is -2.18. The van der Waals surface area contributed by atoms with Gasteiger partial charge in [0.05, 0.1) is 5.69 Å². The van der Waals surface area contributed by atoms with E-state index in [1.165, 1.54) is 5.56 Å². The molecule has 0 radical (unpaired) electrons. The molecular formula is C21H23BrN4O. The number of fused-ring (bicyclic) bond motifs is 1. The van der Waals surface area contributed by atoms with Gasteiger partial charge in [0.1, 0.15) is 11.3 Å². The Kier molecular flexibility index (Phi) is 5.27. The second kappa shape index (κ2) is 7.82. The maximum absolute atomic E-state index is 13.3. The molecule has 3 heterocycles. The van der Waals surface area contributed by atoms with E-state index in [9.17, 15) is 4.79 Å². The van der Waals surface area contributed by atoms with Crippen LogP contribution in [-0.2, 0) is 13.0 Å². The summed E-state index contributed by atoms with van der Waals surface area (Å²) in [5.41, 5.74) is 3.70. The van der Waals surface area contributed by atoms with Crippen molar-refractivity contribution in [3.63, 3.8) is 0 Å². The molecule has 27 heavy (non-hydrogen) atoms. The Balaban J connectivity index is 1.50. The number of hydrogen-bond donors (Lipinski definition) is 0. The number of piperazine rings is 1. The van der Waals surface area contributed by atoms with Crippen molar-refractivity contribution in [3.8, 4) is 0 Å². The van der Waals surface area contributed by atoms with Crippen LogP contribution in [0.1, 0.15) is 28.7 Å². The molecule has 0 saturated carbocycles. The Bertz CT molecular complexity index is 945. The average molecular weight is 427 g/mol. The van der Waals surface area contributed by atoms with Crippen LogP contribution in [0.4, 0.5) is 0 Å². The van der Waals surface area contributed by atoms with Crippen molar-refractivity contribution in [2.24, 2.45) is 0 Å². The molecule has 1 amide bonds. The zero-order chi connectivity index (χ0) is 18.8. The fraction of sp³-hybridized carbons (Fsp3) is 0.333. The summed E-state index contributed by atoms with van der Waals surface area (Å²) in [6.07, 6.45) is 2.68. The van der Waals surface area contributed by atoms with Crippen molar-refractivity contribution in [1.29, 1.82) is 0 Å². The number of halogens is 1. The number of rotatable bonds is 4. The number of carbonyl (C=O) groups excluding carboxylic acids is 1. The van der Waals surface area contributed by atoms with E-state index in [0.717, 1.165) is 55.0 Å². The summed E-state index contributed by atoms with van der Waals surface area (Å²) >= 11 is 3.50. The lowest BCUT2D eigenvalue weighted by Crippen LogP contribution is -2.48. The van der Waals surface area contributed by atoms with Crippen molar-refractivity contribution in [1.82, 2.24) is 19.2 Å². The van der Waals surface area contributed by atoms with Crippen LogP contribution in [0.5, 0.6) is 0 Å². The standard InChI is InChI=1S/C21H23BrN4O/c1-2-18-20(26-15-17(22)8-9-19(26)23-18)21(27)25-12-10-24(11-13-25)14-16-6-4-3-5-7-16/h3-9,15H,2,10-14H2,1H3. The van der Waals surface area contributed by atoms with Crippen LogP contribution in [0, 0.1) is 0 Å². The minimum Gasteiger partial charge on any atom is -0.335 e. The predicted molar refractivity (Wildman–Crippen MR) is 110 cm³/mol. The third-order valence-electron chi connectivity index (χ3n) is 5.10. The summed E-state index contributed by atoms with van der Waals surface area (Å²) in [4.78, 5) is 22.3. The number of amides is 1. The van der Waals surface area contributed by atoms with Crippen LogP contribution in [0.25, 0.3) is 5.65 Å². The van der Waals surface area contributed by atoms with Gasteiger partial charge in [-0.25, -0.2) is 4.98 Å². The van der Waals surface area contributed by atoms with E-state index in [1.807, 2.05) is 40.6 Å². The highest BCUT2D eigenvalue weighted by atomic mass is 79.9. The molecule has 0 spiro atoms. The topological polar surface area (TPSA) is 40.9 Å². The van der Waals surface area contributed by atoms with Gasteiger partial charge >= 0.3 is 0 Å². The van der Waals surface area contributed by atoms with Crippen LogP contribution < -0.4 is 0 Å². The summed E-state index contributed by atoms with van der Waals surface area (Å²) in [6.45, 7) is 6.26. The lowest BCUT2D eigenvalue weighted by Gasteiger charge is -2.34. The molecule has 1 aromatic carbocycles. The van der Waals surface area contributed by atoms with Gasteiger partial charge in [0.2, 0.25) is 0 Å². The molecule has 3 aromatic rings. The number of carbonyl (C=O) groups is 1. The number of nitrogens with zero attached hydrogens (tertiary/aromatic N) is 4. The monoisotopic (exact) mass is 426 g/mol. The average Bonchev–Trinajstić information content (AvgIpc) is 3.06. The van der Waals surface area contributed by atoms with Gasteiger partial charge in [-0.3, -0.25) is 14.1 Å². The van der Waals surface area contributed by atoms with E-state index in [2.05, 4.69) is 50.1 Å². The molecule has 5 nitrogen and oxygen atoms in total. The lowest BCUT2D eigenvalue weighted by molar-refractivity contribution is 0.0620. The van der Waals surface area contributed by atoms with Gasteiger partial charge in [-0.05, 0) is 40.0 Å². The van der Waals surface area contributed by atoms with Crippen LogP contribution in [0.2, 0.25) is 0 Å². The van der Waals surface area contributed by atoms with Crippen LogP contribution in [0.15, 0.2) is 53.1 Å². The molecule has 0 aliphatic carbocycles. The van der Waals surface area contributed by atoms with Gasteiger partial charge in [0, 0.05) is 43.4 Å². The third-order valence-corrected chi connectivity index (χ3v) is 5.57. The normalized spacial score (nSPS) is 15.4. The fourth-order valence-corrected chi connectivity index (χ4v) is 3.98. The van der Waals surface area contributed by atoms with Crippen LogP contribution in [-0.4, -0.2) is 51.3 Å². The summed E-state index contributed by atoms with van der Waals surface area (Å²) in [5, 5.41) is 0. The van der Waals surface area contributed by atoms with E-state index in [0.29, 0.717) is 5.69 Å². The van der Waals surface area contributed by atoms with Gasteiger partial charge < -0.3 is 4.90 Å². The van der Waals surface area contributed by atoms with Gasteiger partial charge in [-0.1, -0.05) is 37.3 Å². The highest BCUT2D eigenvalue weighted by Crippen LogP contribution is 2.20. The highest BCUT2D eigenvalue weighted by molar-refractivity contribution is 9.10. The van der Waals surface area contributed by atoms with Crippen LogP contribution in [0.3, 0.4) is 0 Å². The minimum absolute atomic E-state index is 0.0804. The first kappa shape index (κ1) is 18.2. The minimum atomic E-state index is 0.0804. The molecule has 1 saturated heterocycles. The number of aromatic nitrogens is 2. The molecule has 1 fully saturated rings. The quantitative estimate of drug-likeness (QED) is 0.639. The Morgan fingerprint density at radius 3 is 2.52 bits per heavy atom. The van der Waals surface area contributed by atoms with Gasteiger partial charge in [0.15, 0.2) is 0 Å². The predicted octanol–water partition coefficient (Wildman–Crippen LogP) is 3.62. The Labute approximate surface area is 167 Å². The summed E-state index contributed by atoms with van der Waals surface area (Å²) in [5.74, 6) is 0.0804. The van der Waals surface area contributed by atoms with Crippen molar-refractivity contribution < 1.29 is 4.79 Å². The van der Waals surface area contributed by atoms with Crippen molar-refractivity contribution >= 4 is 27.5 Å². The summed E-state index contributed by atoms with van der Waals surface area (Å²) in [7, 11) is 0. The molecular weight excluding hydrogens is 404 g/mol. The molecule has 0 atom stereocenters. The summed E-state index contributed by atoms with van der Waals surface area (Å²) in [6, 6.07) is 14.4. The maximum atomic E-state index is 13.3. The molecule has 2 aromatic heterocycles. The van der Waals surface area contributed by atoms with Gasteiger partial charge in [-0.15, -0.1) is 0 Å². The van der Waals surface area contributed by atoms with Crippen molar-refractivity contribution in [2.45, 2.75) is 19.9 Å². The zero-order valence-electron chi connectivity index (χ0n) is 15.4. The van der Waals surface area contributed by atoms with Gasteiger partial charge in [-0.2, -0.15) is 0 Å². The number of aryl methyl sites for hydroxylation is 1. The molecule has 0 N–H and O–H groups in total. The molecule has 4 rings (SSSR count). The molecule has 0 unspecified atom stereocenters. The second-order valence-corrected chi connectivity index (χ2v) is 7.81. The van der Waals surface area contributed by atoms with Crippen molar-refractivity contribution in [2.75, 3.05) is 26.2 Å². The lowest BCUT2D eigenvalue weighted by atomic mass is 10.2. The number of benzene rings is 1. The van der Waals surface area contributed by atoms with E-state index < -0.39 is 0 Å². The first-order chi connectivity index (χ1) is 13.2. The molecule has 0 bridgehead atoms. The Morgan fingerprint density at radius 2 is 1.81 bits per heavy atom. The van der Waals surface area contributed by atoms with Crippen LogP contribution >= 0.6 is 15.9 Å². The fourth-order valence-electron chi connectivity index (χ4n) is 3.64. The molecule has 1 aliphatic rings. The smallest absolute Gasteiger partial charge is 0.272 e. The van der Waals surface area contributed by atoms with E-state index >= 15 is 0 Å². The molecule has 1 aliphatic heterocycles. The SMILES string of the molecule is CCc1nc2ccc(Br)cn2c1C(=O)N1CCN(Cc2ccccc2)CC1. The maximum Gasteiger partial charge on any atom is 0.272 e.